The van der Waals surface area contributed by atoms with Crippen LogP contribution in [0.25, 0.3) is 10.9 Å². The predicted molar refractivity (Wildman–Crippen MR) is 80.8 cm³/mol. The minimum Gasteiger partial charge on any atom is -0.384 e. The molecule has 0 saturated carbocycles. The van der Waals surface area contributed by atoms with Gasteiger partial charge in [0.05, 0.1) is 10.4 Å². The van der Waals surface area contributed by atoms with Crippen molar-refractivity contribution in [3.63, 3.8) is 0 Å². The number of fused-ring (bicyclic) bond motifs is 1. The van der Waals surface area contributed by atoms with Gasteiger partial charge in [0.2, 0.25) is 10.0 Å². The Labute approximate surface area is 119 Å². The largest absolute Gasteiger partial charge is 0.384 e. The SMILES string of the molecule is CC(C)CCNS(=O)(=O)c1ccc2nc(N)ccc2c1. The number of pyridine rings is 1. The molecule has 5 nitrogen and oxygen atoms in total. The molecule has 1 aromatic carbocycles. The number of rotatable bonds is 5. The second-order valence-corrected chi connectivity index (χ2v) is 6.94. The summed E-state index contributed by atoms with van der Waals surface area (Å²) in [4.78, 5) is 4.40. The lowest BCUT2D eigenvalue weighted by Crippen LogP contribution is -2.25. The highest BCUT2D eigenvalue weighted by atomic mass is 32.2. The number of aromatic nitrogens is 1. The van der Waals surface area contributed by atoms with E-state index in [2.05, 4.69) is 23.6 Å². The second-order valence-electron chi connectivity index (χ2n) is 5.17. The Kier molecular flexibility index (Phi) is 4.25. The Morgan fingerprint density at radius 3 is 2.70 bits per heavy atom. The molecule has 0 atom stereocenters. The first-order valence-electron chi connectivity index (χ1n) is 6.54. The average molecular weight is 293 g/mol. The van der Waals surface area contributed by atoms with E-state index in [-0.39, 0.29) is 4.90 Å². The lowest BCUT2D eigenvalue weighted by molar-refractivity contribution is 0.551. The number of sulfonamides is 1. The quantitative estimate of drug-likeness (QED) is 0.884. The lowest BCUT2D eigenvalue weighted by Gasteiger charge is -2.09. The molecule has 2 aromatic rings. The molecule has 0 fully saturated rings. The van der Waals surface area contributed by atoms with E-state index in [1.54, 1.807) is 30.3 Å². The van der Waals surface area contributed by atoms with E-state index in [1.165, 1.54) is 0 Å². The summed E-state index contributed by atoms with van der Waals surface area (Å²) in [5.41, 5.74) is 6.29. The minimum atomic E-state index is -3.47. The Morgan fingerprint density at radius 1 is 1.25 bits per heavy atom. The minimum absolute atomic E-state index is 0.250. The molecule has 0 saturated heterocycles. The number of hydrogen-bond donors (Lipinski definition) is 2. The van der Waals surface area contributed by atoms with Gasteiger partial charge in [0.25, 0.3) is 0 Å². The van der Waals surface area contributed by atoms with Crippen LogP contribution in [0.15, 0.2) is 35.2 Å². The summed E-state index contributed by atoms with van der Waals surface area (Å²) in [5, 5.41) is 0.755. The predicted octanol–water partition coefficient (Wildman–Crippen LogP) is 2.14. The summed E-state index contributed by atoms with van der Waals surface area (Å²) in [6.07, 6.45) is 0.810. The molecule has 6 heteroatoms. The molecule has 2 rings (SSSR count). The maximum Gasteiger partial charge on any atom is 0.240 e. The third-order valence-electron chi connectivity index (χ3n) is 3.01. The first kappa shape index (κ1) is 14.7. The van der Waals surface area contributed by atoms with Gasteiger partial charge in [-0.1, -0.05) is 13.8 Å². The maximum atomic E-state index is 12.2. The van der Waals surface area contributed by atoms with Crippen molar-refractivity contribution in [2.24, 2.45) is 5.92 Å². The van der Waals surface area contributed by atoms with Crippen LogP contribution in [0.5, 0.6) is 0 Å². The molecule has 0 unspecified atom stereocenters. The molecule has 0 spiro atoms. The van der Waals surface area contributed by atoms with Crippen molar-refractivity contribution in [2.75, 3.05) is 12.3 Å². The molecule has 1 aromatic heterocycles. The number of hydrogen-bond acceptors (Lipinski definition) is 4. The smallest absolute Gasteiger partial charge is 0.240 e. The molecule has 1 heterocycles. The standard InChI is InChI=1S/C14H19N3O2S/c1-10(2)7-8-16-20(18,19)12-4-5-13-11(9-12)3-6-14(15)17-13/h3-6,9-10,16H,7-8H2,1-2H3,(H2,15,17). The Morgan fingerprint density at radius 2 is 2.00 bits per heavy atom. The zero-order valence-corrected chi connectivity index (χ0v) is 12.4. The van der Waals surface area contributed by atoms with Gasteiger partial charge in [0.15, 0.2) is 0 Å². The van der Waals surface area contributed by atoms with E-state index in [1.807, 2.05) is 0 Å². The molecule has 0 aliphatic carbocycles. The van der Waals surface area contributed by atoms with Crippen LogP contribution in [-0.4, -0.2) is 19.9 Å². The number of nitrogens with two attached hydrogens (primary N) is 1. The fourth-order valence-electron chi connectivity index (χ4n) is 1.85. The second kappa shape index (κ2) is 5.76. The number of nitrogens with zero attached hydrogens (tertiary/aromatic N) is 1. The van der Waals surface area contributed by atoms with Gasteiger partial charge < -0.3 is 5.73 Å². The molecule has 0 aliphatic rings. The maximum absolute atomic E-state index is 12.2. The topological polar surface area (TPSA) is 85.1 Å². The van der Waals surface area contributed by atoms with Crippen molar-refractivity contribution in [2.45, 2.75) is 25.2 Å². The molecule has 3 N–H and O–H groups in total. The van der Waals surface area contributed by atoms with Gasteiger partial charge in [-0.05, 0) is 42.7 Å². The van der Waals surface area contributed by atoms with Crippen LogP contribution in [0.1, 0.15) is 20.3 Å². The van der Waals surface area contributed by atoms with Gasteiger partial charge in [-0.3, -0.25) is 0 Å². The van der Waals surface area contributed by atoms with Crippen molar-refractivity contribution < 1.29 is 8.42 Å². The highest BCUT2D eigenvalue weighted by Gasteiger charge is 2.14. The normalized spacial score (nSPS) is 12.2. The average Bonchev–Trinajstić information content (AvgIpc) is 2.37. The highest BCUT2D eigenvalue weighted by Crippen LogP contribution is 2.18. The van der Waals surface area contributed by atoms with Crippen molar-refractivity contribution in [1.29, 1.82) is 0 Å². The molecule has 108 valence electrons. The summed E-state index contributed by atoms with van der Waals surface area (Å²) in [6, 6.07) is 8.25. The number of anilines is 1. The van der Waals surface area contributed by atoms with Crippen molar-refractivity contribution in [3.8, 4) is 0 Å². The molecular weight excluding hydrogens is 274 g/mol. The van der Waals surface area contributed by atoms with Crippen LogP contribution in [0.3, 0.4) is 0 Å². The van der Waals surface area contributed by atoms with Gasteiger partial charge in [-0.2, -0.15) is 0 Å². The summed E-state index contributed by atoms with van der Waals surface area (Å²) in [6.45, 7) is 4.55. The van der Waals surface area contributed by atoms with Crippen molar-refractivity contribution in [3.05, 3.63) is 30.3 Å². The van der Waals surface area contributed by atoms with Crippen LogP contribution in [-0.2, 0) is 10.0 Å². The van der Waals surface area contributed by atoms with Gasteiger partial charge in [-0.15, -0.1) is 0 Å². The summed E-state index contributed by atoms with van der Waals surface area (Å²) in [5.74, 6) is 0.879. The van der Waals surface area contributed by atoms with Gasteiger partial charge in [0, 0.05) is 11.9 Å². The summed E-state index contributed by atoms with van der Waals surface area (Å²) < 4.78 is 26.9. The molecule has 0 radical (unpaired) electrons. The van der Waals surface area contributed by atoms with Crippen LogP contribution >= 0.6 is 0 Å². The Hall–Kier alpha value is -1.66. The first-order chi connectivity index (χ1) is 9.38. The van der Waals surface area contributed by atoms with Crippen molar-refractivity contribution >= 4 is 26.7 Å². The molecule has 0 aliphatic heterocycles. The van der Waals surface area contributed by atoms with Crippen LogP contribution < -0.4 is 10.5 Å². The summed E-state index contributed by atoms with van der Waals surface area (Å²) in [7, 11) is -3.47. The van der Waals surface area contributed by atoms with Gasteiger partial charge in [-0.25, -0.2) is 18.1 Å². The molecule has 20 heavy (non-hydrogen) atoms. The number of benzene rings is 1. The van der Waals surface area contributed by atoms with E-state index in [4.69, 9.17) is 5.73 Å². The van der Waals surface area contributed by atoms with Crippen molar-refractivity contribution in [1.82, 2.24) is 9.71 Å². The summed E-state index contributed by atoms with van der Waals surface area (Å²) >= 11 is 0. The van der Waals surface area contributed by atoms with Gasteiger partial charge in [0.1, 0.15) is 5.82 Å². The zero-order chi connectivity index (χ0) is 14.8. The molecule has 0 bridgehead atoms. The van der Waals surface area contributed by atoms with E-state index in [9.17, 15) is 8.42 Å². The number of nitrogen functional groups attached to an aromatic ring is 1. The van der Waals surface area contributed by atoms with Gasteiger partial charge >= 0.3 is 0 Å². The highest BCUT2D eigenvalue weighted by molar-refractivity contribution is 7.89. The van der Waals surface area contributed by atoms with Crippen LogP contribution in [0.4, 0.5) is 5.82 Å². The Balaban J connectivity index is 2.25. The van der Waals surface area contributed by atoms with Crippen LogP contribution in [0, 0.1) is 5.92 Å². The van der Waals surface area contributed by atoms with E-state index in [0.717, 1.165) is 11.8 Å². The third-order valence-corrected chi connectivity index (χ3v) is 4.46. The van der Waals surface area contributed by atoms with E-state index < -0.39 is 10.0 Å². The molecule has 0 amide bonds. The third kappa shape index (κ3) is 3.46. The first-order valence-corrected chi connectivity index (χ1v) is 8.03. The fraction of sp³-hybridized carbons (Fsp3) is 0.357. The monoisotopic (exact) mass is 293 g/mol. The van der Waals surface area contributed by atoms with Crippen LogP contribution in [0.2, 0.25) is 0 Å². The number of nitrogens with one attached hydrogen (secondary N) is 1. The molecular formula is C14H19N3O2S. The lowest BCUT2D eigenvalue weighted by atomic mass is 10.1. The van der Waals surface area contributed by atoms with E-state index >= 15 is 0 Å². The fourth-order valence-corrected chi connectivity index (χ4v) is 2.93. The zero-order valence-electron chi connectivity index (χ0n) is 11.6. The Bertz CT molecular complexity index is 711. The van der Waals surface area contributed by atoms with E-state index in [0.29, 0.717) is 23.8 Å².